The Balaban J connectivity index is 1.71. The molecule has 0 radical (unpaired) electrons. The van der Waals surface area contributed by atoms with Gasteiger partial charge in [-0.15, -0.1) is 0 Å². The number of fused-ring (bicyclic) bond motifs is 1. The summed E-state index contributed by atoms with van der Waals surface area (Å²) in [5.41, 5.74) is 9.86. The quantitative estimate of drug-likeness (QED) is 0.914. The molecule has 3 heterocycles. The fourth-order valence-electron chi connectivity index (χ4n) is 3.34. The number of carbonyl (C=O) groups excluding carboxylic acids is 1. The van der Waals surface area contributed by atoms with Crippen LogP contribution in [0.5, 0.6) is 0 Å². The van der Waals surface area contributed by atoms with E-state index in [0.717, 1.165) is 16.8 Å². The van der Waals surface area contributed by atoms with Crippen molar-refractivity contribution in [3.05, 3.63) is 59.4 Å². The lowest BCUT2D eigenvalue weighted by molar-refractivity contribution is -0.120. The van der Waals surface area contributed by atoms with Gasteiger partial charge in [0, 0.05) is 25.1 Å². The monoisotopic (exact) mass is 309 g/mol. The van der Waals surface area contributed by atoms with Crippen LogP contribution >= 0.6 is 0 Å². The molecule has 0 aliphatic carbocycles. The fourth-order valence-corrected chi connectivity index (χ4v) is 3.34. The molecule has 23 heavy (non-hydrogen) atoms. The zero-order valence-corrected chi connectivity index (χ0v) is 13.0. The number of hydrogen-bond donors (Lipinski definition) is 1. The fraction of sp³-hybridized carbons (Fsp3) is 0.333. The lowest BCUT2D eigenvalue weighted by Crippen LogP contribution is -2.54. The third-order valence-electron chi connectivity index (χ3n) is 4.86. The van der Waals surface area contributed by atoms with E-state index in [4.69, 9.17) is 10.5 Å². The Hall–Kier alpha value is -2.24. The predicted octanol–water partition coefficient (Wildman–Crippen LogP) is 1.57. The van der Waals surface area contributed by atoms with Gasteiger partial charge in [0.05, 0.1) is 24.7 Å². The van der Waals surface area contributed by atoms with Gasteiger partial charge in [-0.25, -0.2) is 0 Å². The summed E-state index contributed by atoms with van der Waals surface area (Å²) in [6, 6.07) is 10.0. The number of rotatable bonds is 2. The number of carbonyl (C=O) groups is 1. The molecule has 1 fully saturated rings. The van der Waals surface area contributed by atoms with E-state index >= 15 is 0 Å². The first-order valence-electron chi connectivity index (χ1n) is 7.76. The average molecular weight is 309 g/mol. The van der Waals surface area contributed by atoms with Gasteiger partial charge in [-0.2, -0.15) is 0 Å². The summed E-state index contributed by atoms with van der Waals surface area (Å²) in [6.45, 7) is 0.999. The van der Waals surface area contributed by atoms with E-state index < -0.39 is 5.54 Å². The maximum atomic E-state index is 12.8. The Labute approximate surface area is 135 Å². The van der Waals surface area contributed by atoms with Crippen LogP contribution in [0.15, 0.2) is 42.7 Å². The summed E-state index contributed by atoms with van der Waals surface area (Å²) in [5, 5.41) is 0. The second-order valence-electron chi connectivity index (χ2n) is 6.44. The minimum Gasteiger partial charge on any atom is -0.377 e. The van der Waals surface area contributed by atoms with Gasteiger partial charge in [0.1, 0.15) is 0 Å². The van der Waals surface area contributed by atoms with Crippen molar-refractivity contribution in [2.75, 3.05) is 25.2 Å². The molecule has 2 aliphatic rings. The third kappa shape index (κ3) is 2.24. The first-order valence-corrected chi connectivity index (χ1v) is 7.76. The molecule has 1 aromatic heterocycles. The number of anilines is 1. The van der Waals surface area contributed by atoms with Crippen LogP contribution in [0.3, 0.4) is 0 Å². The van der Waals surface area contributed by atoms with Crippen LogP contribution in [0.2, 0.25) is 0 Å². The van der Waals surface area contributed by atoms with Crippen LogP contribution in [-0.2, 0) is 21.5 Å². The molecule has 1 unspecified atom stereocenters. The van der Waals surface area contributed by atoms with Crippen molar-refractivity contribution < 1.29 is 9.53 Å². The average Bonchev–Trinajstić information content (AvgIpc) is 2.56. The number of amides is 1. The van der Waals surface area contributed by atoms with E-state index in [9.17, 15) is 4.79 Å². The lowest BCUT2D eigenvalue weighted by atomic mass is 9.84. The van der Waals surface area contributed by atoms with Crippen molar-refractivity contribution in [1.82, 2.24) is 4.98 Å². The second kappa shape index (κ2) is 5.15. The summed E-state index contributed by atoms with van der Waals surface area (Å²) < 4.78 is 5.23. The number of para-hydroxylation sites is 1. The number of ether oxygens (including phenoxy) is 1. The van der Waals surface area contributed by atoms with Crippen LogP contribution in [-0.4, -0.2) is 31.2 Å². The normalized spacial score (nSPS) is 22.4. The summed E-state index contributed by atoms with van der Waals surface area (Å²) in [7, 11) is 1.83. The highest BCUT2D eigenvalue weighted by atomic mass is 16.5. The number of likely N-dealkylation sites (N-methyl/N-ethyl adjacent to an activating group) is 1. The standard InChI is InChI=1S/C18H19N3O2/c1-21-16-5-3-2-4-12(16)7-15(17(21)22)13-6-14(9-20-8-13)18(19)10-23-11-18/h2-6,8-9,15H,7,10-11,19H2,1H3. The first-order chi connectivity index (χ1) is 11.1. The van der Waals surface area contributed by atoms with Gasteiger partial charge in [-0.1, -0.05) is 18.2 Å². The third-order valence-corrected chi connectivity index (χ3v) is 4.86. The Kier molecular flexibility index (Phi) is 3.21. The van der Waals surface area contributed by atoms with Crippen LogP contribution in [0.4, 0.5) is 5.69 Å². The molecule has 4 rings (SSSR count). The molecule has 5 heteroatoms. The highest BCUT2D eigenvalue weighted by molar-refractivity contribution is 6.00. The predicted molar refractivity (Wildman–Crippen MR) is 87.2 cm³/mol. The Bertz CT molecular complexity index is 770. The van der Waals surface area contributed by atoms with Crippen molar-refractivity contribution in [1.29, 1.82) is 0 Å². The molecule has 0 saturated carbocycles. The van der Waals surface area contributed by atoms with E-state index in [-0.39, 0.29) is 11.8 Å². The molecule has 118 valence electrons. The Morgan fingerprint density at radius 3 is 2.83 bits per heavy atom. The van der Waals surface area contributed by atoms with Crippen LogP contribution in [0.1, 0.15) is 22.6 Å². The summed E-state index contributed by atoms with van der Waals surface area (Å²) in [6.07, 6.45) is 4.24. The molecule has 2 aromatic rings. The number of pyridine rings is 1. The molecule has 2 N–H and O–H groups in total. The Morgan fingerprint density at radius 2 is 2.09 bits per heavy atom. The van der Waals surface area contributed by atoms with Crippen molar-refractivity contribution in [2.45, 2.75) is 17.9 Å². The molecular formula is C18H19N3O2. The zero-order valence-electron chi connectivity index (χ0n) is 13.0. The van der Waals surface area contributed by atoms with Crippen LogP contribution < -0.4 is 10.6 Å². The Morgan fingerprint density at radius 1 is 1.30 bits per heavy atom. The molecular weight excluding hydrogens is 290 g/mol. The molecule has 0 bridgehead atoms. The molecule has 0 spiro atoms. The molecule has 2 aliphatic heterocycles. The lowest BCUT2D eigenvalue weighted by Gasteiger charge is -2.38. The molecule has 1 atom stereocenters. The molecule has 1 saturated heterocycles. The van der Waals surface area contributed by atoms with Gasteiger partial charge in [0.2, 0.25) is 5.91 Å². The summed E-state index contributed by atoms with van der Waals surface area (Å²) >= 11 is 0. The minimum atomic E-state index is -0.468. The van der Waals surface area contributed by atoms with Crippen molar-refractivity contribution in [3.63, 3.8) is 0 Å². The van der Waals surface area contributed by atoms with Gasteiger partial charge < -0.3 is 15.4 Å². The number of aromatic nitrogens is 1. The zero-order chi connectivity index (χ0) is 16.0. The van der Waals surface area contributed by atoms with Gasteiger partial charge in [0.25, 0.3) is 0 Å². The van der Waals surface area contributed by atoms with Crippen molar-refractivity contribution in [3.8, 4) is 0 Å². The molecule has 1 amide bonds. The van der Waals surface area contributed by atoms with Gasteiger partial charge in [0.15, 0.2) is 0 Å². The van der Waals surface area contributed by atoms with Gasteiger partial charge >= 0.3 is 0 Å². The van der Waals surface area contributed by atoms with E-state index in [1.54, 1.807) is 17.3 Å². The van der Waals surface area contributed by atoms with E-state index in [2.05, 4.69) is 11.1 Å². The van der Waals surface area contributed by atoms with E-state index in [1.165, 1.54) is 5.56 Å². The second-order valence-corrected chi connectivity index (χ2v) is 6.44. The summed E-state index contributed by atoms with van der Waals surface area (Å²) in [5.74, 6) is -0.120. The largest absolute Gasteiger partial charge is 0.377 e. The molecule has 1 aromatic carbocycles. The van der Waals surface area contributed by atoms with Crippen LogP contribution in [0.25, 0.3) is 0 Å². The van der Waals surface area contributed by atoms with Gasteiger partial charge in [-0.3, -0.25) is 9.78 Å². The van der Waals surface area contributed by atoms with E-state index in [0.29, 0.717) is 19.6 Å². The first kappa shape index (κ1) is 14.4. The van der Waals surface area contributed by atoms with Crippen molar-refractivity contribution >= 4 is 11.6 Å². The number of benzene rings is 1. The summed E-state index contributed by atoms with van der Waals surface area (Å²) in [4.78, 5) is 18.8. The highest BCUT2D eigenvalue weighted by Gasteiger charge is 2.38. The van der Waals surface area contributed by atoms with Crippen LogP contribution in [0, 0.1) is 0 Å². The van der Waals surface area contributed by atoms with Crippen molar-refractivity contribution in [2.24, 2.45) is 5.73 Å². The minimum absolute atomic E-state index is 0.0959. The number of nitrogens with zero attached hydrogens (tertiary/aromatic N) is 2. The van der Waals surface area contributed by atoms with E-state index in [1.807, 2.05) is 31.3 Å². The van der Waals surface area contributed by atoms with Gasteiger partial charge in [-0.05, 0) is 35.2 Å². The molecule has 5 nitrogen and oxygen atoms in total. The number of hydrogen-bond acceptors (Lipinski definition) is 4. The maximum Gasteiger partial charge on any atom is 0.234 e. The number of nitrogens with two attached hydrogens (primary N) is 1. The smallest absolute Gasteiger partial charge is 0.234 e. The highest BCUT2D eigenvalue weighted by Crippen LogP contribution is 2.35. The topological polar surface area (TPSA) is 68.5 Å². The SMILES string of the molecule is CN1C(=O)C(c2cncc(C3(N)COC3)c2)Cc2ccccc21. The maximum absolute atomic E-state index is 12.8.